The second-order valence-corrected chi connectivity index (χ2v) is 6.36. The summed E-state index contributed by atoms with van der Waals surface area (Å²) in [6.07, 6.45) is 2.93. The third-order valence-corrected chi connectivity index (χ3v) is 4.50. The Hall–Kier alpha value is -0.840. The van der Waals surface area contributed by atoms with Gasteiger partial charge in [0, 0.05) is 11.6 Å². The summed E-state index contributed by atoms with van der Waals surface area (Å²) in [4.78, 5) is 0. The van der Waals surface area contributed by atoms with Gasteiger partial charge in [-0.05, 0) is 53.0 Å². The molecule has 2 rings (SSSR count). The van der Waals surface area contributed by atoms with Gasteiger partial charge in [-0.15, -0.1) is 0 Å². The molecule has 1 heterocycles. The molecule has 0 saturated heterocycles. The van der Waals surface area contributed by atoms with Gasteiger partial charge in [0.1, 0.15) is 0 Å². The number of benzene rings is 1. The van der Waals surface area contributed by atoms with Gasteiger partial charge in [-0.1, -0.05) is 37.6 Å². The molecule has 1 aromatic heterocycles. The van der Waals surface area contributed by atoms with E-state index in [1.807, 2.05) is 19.2 Å². The second-order valence-electron chi connectivity index (χ2n) is 5.10. The van der Waals surface area contributed by atoms with Gasteiger partial charge in [0.15, 0.2) is 0 Å². The van der Waals surface area contributed by atoms with Crippen LogP contribution >= 0.6 is 27.5 Å². The molecular formula is C16H21BrClN3. The van der Waals surface area contributed by atoms with E-state index in [2.05, 4.69) is 57.0 Å². The number of hydrogen-bond acceptors (Lipinski definition) is 2. The van der Waals surface area contributed by atoms with Gasteiger partial charge < -0.3 is 5.32 Å². The summed E-state index contributed by atoms with van der Waals surface area (Å²) >= 11 is 9.79. The van der Waals surface area contributed by atoms with Crippen molar-refractivity contribution in [1.29, 1.82) is 0 Å². The van der Waals surface area contributed by atoms with Crippen LogP contribution in [0.1, 0.15) is 43.1 Å². The molecule has 114 valence electrons. The molecule has 1 unspecified atom stereocenters. The molecule has 0 radical (unpaired) electrons. The maximum atomic E-state index is 6.15. The lowest BCUT2D eigenvalue weighted by atomic mass is 10.0. The highest BCUT2D eigenvalue weighted by Gasteiger charge is 2.21. The Bertz CT molecular complexity index is 610. The lowest BCUT2D eigenvalue weighted by Gasteiger charge is -2.21. The van der Waals surface area contributed by atoms with Crippen molar-refractivity contribution in [3.05, 3.63) is 50.7 Å². The van der Waals surface area contributed by atoms with E-state index in [-0.39, 0.29) is 6.04 Å². The van der Waals surface area contributed by atoms with Crippen LogP contribution in [0, 0.1) is 6.92 Å². The van der Waals surface area contributed by atoms with Gasteiger partial charge >= 0.3 is 0 Å². The van der Waals surface area contributed by atoms with Gasteiger partial charge in [-0.3, -0.25) is 4.68 Å². The van der Waals surface area contributed by atoms with Gasteiger partial charge in [0.05, 0.1) is 22.4 Å². The molecule has 0 fully saturated rings. The maximum absolute atomic E-state index is 6.15. The van der Waals surface area contributed by atoms with Gasteiger partial charge in [-0.2, -0.15) is 5.10 Å². The predicted molar refractivity (Wildman–Crippen MR) is 91.9 cm³/mol. The smallest absolute Gasteiger partial charge is 0.0759 e. The molecule has 0 aliphatic carbocycles. The lowest BCUT2D eigenvalue weighted by Crippen LogP contribution is -2.25. The van der Waals surface area contributed by atoms with Gasteiger partial charge in [0.25, 0.3) is 0 Å². The molecular weight excluding hydrogens is 350 g/mol. The summed E-state index contributed by atoms with van der Waals surface area (Å²) < 4.78 is 3.11. The maximum Gasteiger partial charge on any atom is 0.0759 e. The topological polar surface area (TPSA) is 29.9 Å². The quantitative estimate of drug-likeness (QED) is 0.797. The third kappa shape index (κ3) is 3.68. The normalized spacial score (nSPS) is 12.6. The molecule has 0 saturated carbocycles. The molecule has 0 bridgehead atoms. The van der Waals surface area contributed by atoms with Crippen molar-refractivity contribution in [3.8, 4) is 0 Å². The minimum Gasteiger partial charge on any atom is -0.305 e. The van der Waals surface area contributed by atoms with Crippen LogP contribution < -0.4 is 5.32 Å². The zero-order valence-corrected chi connectivity index (χ0v) is 15.0. The minimum atomic E-state index is 0.106. The first-order valence-corrected chi connectivity index (χ1v) is 8.46. The van der Waals surface area contributed by atoms with Crippen molar-refractivity contribution in [2.75, 3.05) is 6.54 Å². The van der Waals surface area contributed by atoms with Crippen molar-refractivity contribution in [2.45, 2.75) is 39.8 Å². The number of nitrogens with one attached hydrogen (secondary N) is 1. The van der Waals surface area contributed by atoms with Crippen molar-refractivity contribution in [1.82, 2.24) is 15.1 Å². The van der Waals surface area contributed by atoms with Crippen LogP contribution in [0.4, 0.5) is 0 Å². The van der Waals surface area contributed by atoms with Gasteiger partial charge in [0.2, 0.25) is 0 Å². The number of nitrogens with zero attached hydrogens (tertiary/aromatic N) is 2. The average molecular weight is 371 g/mol. The number of aryl methyl sites for hydroxylation is 2. The monoisotopic (exact) mass is 369 g/mol. The highest BCUT2D eigenvalue weighted by atomic mass is 79.9. The Morgan fingerprint density at radius 3 is 2.76 bits per heavy atom. The highest BCUT2D eigenvalue weighted by molar-refractivity contribution is 9.10. The molecule has 5 heteroatoms. The summed E-state index contributed by atoms with van der Waals surface area (Å²) in [5.74, 6) is 0. The van der Waals surface area contributed by atoms with Crippen LogP contribution in [0.5, 0.6) is 0 Å². The Balaban J connectivity index is 2.47. The molecule has 0 aliphatic rings. The SMILES string of the molecule is CCCn1ncc(Br)c1C(NCC)c1ccc(Cl)c(C)c1. The molecule has 3 nitrogen and oxygen atoms in total. The van der Waals surface area contributed by atoms with E-state index in [0.29, 0.717) is 0 Å². The standard InChI is InChI=1S/C16H21BrClN3/c1-4-8-21-16(13(17)10-20-21)15(19-5-2)12-6-7-14(18)11(3)9-12/h6-7,9-10,15,19H,4-5,8H2,1-3H3. The molecule has 1 aromatic carbocycles. The Morgan fingerprint density at radius 1 is 1.38 bits per heavy atom. The highest BCUT2D eigenvalue weighted by Crippen LogP contribution is 2.30. The molecule has 0 spiro atoms. The van der Waals surface area contributed by atoms with E-state index in [1.165, 1.54) is 11.3 Å². The second kappa shape index (κ2) is 7.43. The number of aromatic nitrogens is 2. The zero-order valence-electron chi connectivity index (χ0n) is 12.7. The molecule has 0 amide bonds. The van der Waals surface area contributed by atoms with Crippen molar-refractivity contribution < 1.29 is 0 Å². The summed E-state index contributed by atoms with van der Waals surface area (Å²) in [7, 11) is 0. The Labute approximate surface area is 139 Å². The molecule has 21 heavy (non-hydrogen) atoms. The van der Waals surface area contributed by atoms with E-state index >= 15 is 0 Å². The fourth-order valence-electron chi connectivity index (χ4n) is 2.47. The third-order valence-electron chi connectivity index (χ3n) is 3.47. The number of halogens is 2. The minimum absolute atomic E-state index is 0.106. The summed E-state index contributed by atoms with van der Waals surface area (Å²) in [6, 6.07) is 6.30. The summed E-state index contributed by atoms with van der Waals surface area (Å²) in [5.41, 5.74) is 3.47. The van der Waals surface area contributed by atoms with Crippen LogP contribution in [0.2, 0.25) is 5.02 Å². The van der Waals surface area contributed by atoms with E-state index in [0.717, 1.165) is 34.6 Å². The Morgan fingerprint density at radius 2 is 2.14 bits per heavy atom. The lowest BCUT2D eigenvalue weighted by molar-refractivity contribution is 0.519. The summed E-state index contributed by atoms with van der Waals surface area (Å²) in [6.45, 7) is 8.11. The molecule has 1 N–H and O–H groups in total. The van der Waals surface area contributed by atoms with Crippen molar-refractivity contribution in [2.24, 2.45) is 0 Å². The molecule has 1 atom stereocenters. The van der Waals surface area contributed by atoms with Crippen molar-refractivity contribution in [3.63, 3.8) is 0 Å². The molecule has 2 aromatic rings. The first kappa shape index (κ1) is 16.5. The van der Waals surface area contributed by atoms with Crippen LogP contribution in [-0.4, -0.2) is 16.3 Å². The van der Waals surface area contributed by atoms with E-state index in [1.54, 1.807) is 0 Å². The van der Waals surface area contributed by atoms with Crippen LogP contribution in [0.15, 0.2) is 28.9 Å². The molecule has 0 aliphatic heterocycles. The largest absolute Gasteiger partial charge is 0.305 e. The zero-order chi connectivity index (χ0) is 15.4. The van der Waals surface area contributed by atoms with Crippen LogP contribution in [0.25, 0.3) is 0 Å². The predicted octanol–water partition coefficient (Wildman–Crippen LogP) is 4.72. The summed E-state index contributed by atoms with van der Waals surface area (Å²) in [5, 5.41) is 8.83. The Kier molecular flexibility index (Phi) is 5.85. The van der Waals surface area contributed by atoms with E-state index in [9.17, 15) is 0 Å². The average Bonchev–Trinajstić information content (AvgIpc) is 2.81. The fourth-order valence-corrected chi connectivity index (χ4v) is 3.12. The van der Waals surface area contributed by atoms with Crippen LogP contribution in [0.3, 0.4) is 0 Å². The van der Waals surface area contributed by atoms with Gasteiger partial charge in [-0.25, -0.2) is 0 Å². The first-order valence-electron chi connectivity index (χ1n) is 7.29. The fraction of sp³-hybridized carbons (Fsp3) is 0.438. The van der Waals surface area contributed by atoms with Crippen LogP contribution in [-0.2, 0) is 6.54 Å². The van der Waals surface area contributed by atoms with E-state index < -0.39 is 0 Å². The number of hydrogen-bond donors (Lipinski definition) is 1. The number of rotatable bonds is 6. The van der Waals surface area contributed by atoms with Crippen molar-refractivity contribution >= 4 is 27.5 Å². The first-order chi connectivity index (χ1) is 10.1. The van der Waals surface area contributed by atoms with E-state index in [4.69, 9.17) is 11.6 Å².